The molecule has 0 radical (unpaired) electrons. The number of carbonyl (C=O) groups excluding carboxylic acids is 1. The van der Waals surface area contributed by atoms with E-state index in [1.54, 1.807) is 12.2 Å². The maximum Gasteiger partial charge on any atom is 0.285 e. The zero-order chi connectivity index (χ0) is 15.1. The quantitative estimate of drug-likeness (QED) is 0.422. The highest BCUT2D eigenvalue weighted by molar-refractivity contribution is 5.76. The number of hydrogen-bond acceptors (Lipinski definition) is 4. The molecule has 7 nitrogen and oxygen atoms in total. The summed E-state index contributed by atoms with van der Waals surface area (Å²) in [4.78, 5) is 35.1. The van der Waals surface area contributed by atoms with Crippen LogP contribution in [0.2, 0.25) is 0 Å². The largest absolute Gasteiger partial charge is 0.334 e. The van der Waals surface area contributed by atoms with Gasteiger partial charge >= 0.3 is 0 Å². The molecule has 0 bridgehead atoms. The Labute approximate surface area is 115 Å². The number of nitrogens with zero attached hydrogens (tertiary/aromatic N) is 3. The third-order valence-corrected chi connectivity index (χ3v) is 2.54. The van der Waals surface area contributed by atoms with Gasteiger partial charge in [-0.25, -0.2) is 0 Å². The molecule has 0 unspecified atom stereocenters. The average Bonchev–Trinajstić information content (AvgIpc) is 2.40. The van der Waals surface area contributed by atoms with Gasteiger partial charge in [0, 0.05) is 25.2 Å². The first-order chi connectivity index (χ1) is 9.49. The molecule has 1 rings (SSSR count). The van der Waals surface area contributed by atoms with Gasteiger partial charge in [0.2, 0.25) is 5.91 Å². The Morgan fingerprint density at radius 1 is 1.35 bits per heavy atom. The highest BCUT2D eigenvalue weighted by atomic mass is 16.6. The Kier molecular flexibility index (Phi) is 5.40. The minimum absolute atomic E-state index is 0.239. The molecule has 1 aromatic heterocycles. The van der Waals surface area contributed by atoms with E-state index in [9.17, 15) is 19.7 Å². The van der Waals surface area contributed by atoms with Gasteiger partial charge in [-0.3, -0.25) is 24.3 Å². The molecule has 0 saturated heterocycles. The Morgan fingerprint density at radius 2 is 1.95 bits per heavy atom. The lowest BCUT2D eigenvalue weighted by molar-refractivity contribution is -0.385. The molecule has 7 heteroatoms. The highest BCUT2D eigenvalue weighted by Gasteiger charge is 2.14. The summed E-state index contributed by atoms with van der Waals surface area (Å²) in [6.07, 6.45) is 4.16. The SMILES string of the molecule is C=CCN(CC=C)C(=O)Cn1cc([N+](=O)[O-])ccc1=O. The summed E-state index contributed by atoms with van der Waals surface area (Å²) < 4.78 is 1.01. The molecule has 0 saturated carbocycles. The van der Waals surface area contributed by atoms with E-state index in [0.29, 0.717) is 13.1 Å². The molecule has 0 N–H and O–H groups in total. The van der Waals surface area contributed by atoms with Crippen LogP contribution in [0.25, 0.3) is 0 Å². The van der Waals surface area contributed by atoms with E-state index >= 15 is 0 Å². The van der Waals surface area contributed by atoms with Crippen LogP contribution in [-0.2, 0) is 11.3 Å². The number of carbonyl (C=O) groups is 1. The van der Waals surface area contributed by atoms with Crippen molar-refractivity contribution in [2.45, 2.75) is 6.54 Å². The first-order valence-corrected chi connectivity index (χ1v) is 5.84. The van der Waals surface area contributed by atoms with E-state index in [2.05, 4.69) is 13.2 Å². The maximum absolute atomic E-state index is 12.0. The normalized spacial score (nSPS) is 9.80. The van der Waals surface area contributed by atoms with Crippen molar-refractivity contribution in [3.05, 3.63) is 64.1 Å². The van der Waals surface area contributed by atoms with Crippen molar-refractivity contribution in [1.29, 1.82) is 0 Å². The summed E-state index contributed by atoms with van der Waals surface area (Å²) in [6, 6.07) is 2.17. The summed E-state index contributed by atoms with van der Waals surface area (Å²) >= 11 is 0. The van der Waals surface area contributed by atoms with Crippen LogP contribution >= 0.6 is 0 Å². The molecule has 0 spiro atoms. The number of hydrogen-bond donors (Lipinski definition) is 0. The van der Waals surface area contributed by atoms with Gasteiger partial charge in [-0.1, -0.05) is 12.2 Å². The lowest BCUT2D eigenvalue weighted by Gasteiger charge is -2.19. The van der Waals surface area contributed by atoms with Crippen molar-refractivity contribution in [1.82, 2.24) is 9.47 Å². The molecule has 1 aromatic rings. The van der Waals surface area contributed by atoms with Crippen LogP contribution in [0.1, 0.15) is 0 Å². The van der Waals surface area contributed by atoms with E-state index in [1.807, 2.05) is 0 Å². The van der Waals surface area contributed by atoms with Crippen molar-refractivity contribution in [3.8, 4) is 0 Å². The summed E-state index contributed by atoms with van der Waals surface area (Å²) in [5.74, 6) is -0.340. The van der Waals surface area contributed by atoms with Gasteiger partial charge in [-0.05, 0) is 0 Å². The molecule has 1 heterocycles. The Hall–Kier alpha value is -2.70. The first-order valence-electron chi connectivity index (χ1n) is 5.84. The van der Waals surface area contributed by atoms with Gasteiger partial charge in [-0.2, -0.15) is 0 Å². The van der Waals surface area contributed by atoms with Crippen LogP contribution in [0, 0.1) is 10.1 Å². The van der Waals surface area contributed by atoms with Gasteiger partial charge in [0.05, 0.1) is 11.1 Å². The summed E-state index contributed by atoms with van der Waals surface area (Å²) in [7, 11) is 0. The van der Waals surface area contributed by atoms with Crippen LogP contribution in [0.5, 0.6) is 0 Å². The molecule has 0 aliphatic carbocycles. The molecule has 0 fully saturated rings. The summed E-state index contributed by atoms with van der Waals surface area (Å²) in [6.45, 7) is 7.45. The van der Waals surface area contributed by atoms with Gasteiger partial charge in [0.25, 0.3) is 11.2 Å². The molecular weight excluding hydrogens is 262 g/mol. The molecule has 0 aliphatic rings. The van der Waals surface area contributed by atoms with E-state index in [-0.39, 0.29) is 18.1 Å². The second-order valence-corrected chi connectivity index (χ2v) is 3.99. The van der Waals surface area contributed by atoms with Crippen LogP contribution in [0.3, 0.4) is 0 Å². The average molecular weight is 277 g/mol. The van der Waals surface area contributed by atoms with Gasteiger partial charge in [0.1, 0.15) is 6.54 Å². The predicted molar refractivity (Wildman–Crippen MR) is 74.3 cm³/mol. The van der Waals surface area contributed by atoms with Gasteiger partial charge < -0.3 is 4.90 Å². The van der Waals surface area contributed by atoms with Gasteiger partial charge in [-0.15, -0.1) is 13.2 Å². The number of pyridine rings is 1. The Bertz CT molecular complexity index is 582. The number of aromatic nitrogens is 1. The summed E-state index contributed by atoms with van der Waals surface area (Å²) in [5.41, 5.74) is -0.711. The molecule has 0 aliphatic heterocycles. The zero-order valence-electron chi connectivity index (χ0n) is 10.9. The van der Waals surface area contributed by atoms with Crippen molar-refractivity contribution in [2.24, 2.45) is 0 Å². The molecular formula is C13H15N3O4. The van der Waals surface area contributed by atoms with Crippen molar-refractivity contribution in [2.75, 3.05) is 13.1 Å². The van der Waals surface area contributed by atoms with E-state index in [0.717, 1.165) is 22.9 Å². The summed E-state index contributed by atoms with van der Waals surface area (Å²) in [5, 5.41) is 10.7. The molecule has 20 heavy (non-hydrogen) atoms. The van der Waals surface area contributed by atoms with Gasteiger partial charge in [0.15, 0.2) is 0 Å². The van der Waals surface area contributed by atoms with E-state index in [4.69, 9.17) is 0 Å². The number of amides is 1. The zero-order valence-corrected chi connectivity index (χ0v) is 10.9. The minimum atomic E-state index is -0.619. The van der Waals surface area contributed by atoms with Crippen molar-refractivity contribution < 1.29 is 9.72 Å². The van der Waals surface area contributed by atoms with Crippen LogP contribution in [-0.4, -0.2) is 33.4 Å². The fourth-order valence-electron chi connectivity index (χ4n) is 1.59. The Balaban J connectivity index is 2.96. The second kappa shape index (κ2) is 7.03. The van der Waals surface area contributed by atoms with E-state index < -0.39 is 10.5 Å². The first kappa shape index (κ1) is 15.4. The van der Waals surface area contributed by atoms with Crippen molar-refractivity contribution in [3.63, 3.8) is 0 Å². The number of rotatable bonds is 7. The molecule has 1 amide bonds. The molecule has 0 aromatic carbocycles. The lowest BCUT2D eigenvalue weighted by atomic mass is 10.3. The monoisotopic (exact) mass is 277 g/mol. The third-order valence-electron chi connectivity index (χ3n) is 2.54. The third kappa shape index (κ3) is 3.91. The minimum Gasteiger partial charge on any atom is -0.334 e. The van der Waals surface area contributed by atoms with Crippen molar-refractivity contribution >= 4 is 11.6 Å². The fourth-order valence-corrected chi connectivity index (χ4v) is 1.59. The van der Waals surface area contributed by atoms with Crippen LogP contribution < -0.4 is 5.56 Å². The van der Waals surface area contributed by atoms with Crippen LogP contribution in [0.15, 0.2) is 48.4 Å². The molecule has 106 valence electrons. The van der Waals surface area contributed by atoms with Crippen LogP contribution in [0.4, 0.5) is 5.69 Å². The number of nitro groups is 1. The lowest BCUT2D eigenvalue weighted by Crippen LogP contribution is -2.36. The highest BCUT2D eigenvalue weighted by Crippen LogP contribution is 2.06. The Morgan fingerprint density at radius 3 is 2.45 bits per heavy atom. The second-order valence-electron chi connectivity index (χ2n) is 3.99. The predicted octanol–water partition coefficient (Wildman–Crippen LogP) is 0.957. The smallest absolute Gasteiger partial charge is 0.285 e. The van der Waals surface area contributed by atoms with E-state index in [1.165, 1.54) is 4.90 Å². The topological polar surface area (TPSA) is 85.4 Å². The maximum atomic E-state index is 12.0. The standard InChI is InChI=1S/C13H15N3O4/c1-3-7-14(8-4-2)13(18)10-15-9-11(16(19)20)5-6-12(15)17/h3-6,9H,1-2,7-8,10H2. The molecule has 0 atom stereocenters. The fraction of sp³-hybridized carbons (Fsp3) is 0.231.